The summed E-state index contributed by atoms with van der Waals surface area (Å²) < 4.78 is 40.1. The maximum Gasteiger partial charge on any atom is 0.416 e. The second-order valence-corrected chi connectivity index (χ2v) is 3.90. The molecule has 2 aromatic rings. The highest BCUT2D eigenvalue weighted by Gasteiger charge is 2.35. The third-order valence-corrected chi connectivity index (χ3v) is 2.54. The molecule has 0 spiro atoms. The van der Waals surface area contributed by atoms with Gasteiger partial charge < -0.3 is 10.3 Å². The minimum Gasteiger partial charge on any atom is -0.340 e. The van der Waals surface area contributed by atoms with E-state index in [1.165, 1.54) is 6.33 Å². The largest absolute Gasteiger partial charge is 0.416 e. The molecular formula is C11H11F3N4. The Morgan fingerprint density at radius 1 is 1.39 bits per heavy atom. The molecule has 0 aliphatic rings. The Balaban J connectivity index is 2.45. The first-order valence-electron chi connectivity index (χ1n) is 5.14. The third-order valence-electron chi connectivity index (χ3n) is 2.54. The van der Waals surface area contributed by atoms with E-state index >= 15 is 0 Å². The number of hydrogen-bond acceptors (Lipinski definition) is 3. The molecule has 0 amide bonds. The van der Waals surface area contributed by atoms with Gasteiger partial charge >= 0.3 is 6.18 Å². The van der Waals surface area contributed by atoms with Gasteiger partial charge in [-0.2, -0.15) is 13.2 Å². The summed E-state index contributed by atoms with van der Waals surface area (Å²) in [7, 11) is 1.72. The SMILES string of the molecule is Cn1cnc(C(N)c2cnccc2C(F)(F)F)c1. The predicted octanol–water partition coefficient (Wildman–Crippen LogP) is 1.88. The summed E-state index contributed by atoms with van der Waals surface area (Å²) in [6, 6.07) is -0.0328. The van der Waals surface area contributed by atoms with Crippen molar-refractivity contribution in [1.82, 2.24) is 14.5 Å². The van der Waals surface area contributed by atoms with Gasteiger partial charge in [-0.15, -0.1) is 0 Å². The van der Waals surface area contributed by atoms with Crippen LogP contribution in [0.2, 0.25) is 0 Å². The van der Waals surface area contributed by atoms with Gasteiger partial charge in [0.15, 0.2) is 0 Å². The molecule has 2 N–H and O–H groups in total. The number of imidazole rings is 1. The lowest BCUT2D eigenvalue weighted by atomic mass is 10.0. The Morgan fingerprint density at radius 3 is 2.67 bits per heavy atom. The molecule has 7 heteroatoms. The zero-order valence-electron chi connectivity index (χ0n) is 9.52. The van der Waals surface area contributed by atoms with Crippen LogP contribution in [0.3, 0.4) is 0 Å². The van der Waals surface area contributed by atoms with Crippen LogP contribution in [0.15, 0.2) is 31.0 Å². The molecule has 96 valence electrons. The van der Waals surface area contributed by atoms with Gasteiger partial charge in [0.2, 0.25) is 0 Å². The van der Waals surface area contributed by atoms with Gasteiger partial charge in [-0.25, -0.2) is 4.98 Å². The first kappa shape index (κ1) is 12.6. The zero-order chi connectivity index (χ0) is 13.3. The fourth-order valence-corrected chi connectivity index (χ4v) is 1.67. The molecule has 1 unspecified atom stereocenters. The molecule has 2 aromatic heterocycles. The fourth-order valence-electron chi connectivity index (χ4n) is 1.67. The predicted molar refractivity (Wildman–Crippen MR) is 58.5 cm³/mol. The van der Waals surface area contributed by atoms with E-state index in [4.69, 9.17) is 5.73 Å². The summed E-state index contributed by atoms with van der Waals surface area (Å²) in [5.41, 5.74) is 5.32. The molecule has 1 atom stereocenters. The van der Waals surface area contributed by atoms with Crippen molar-refractivity contribution in [1.29, 1.82) is 0 Å². The van der Waals surface area contributed by atoms with Gasteiger partial charge in [-0.05, 0) is 6.07 Å². The van der Waals surface area contributed by atoms with Gasteiger partial charge in [0.1, 0.15) is 0 Å². The number of halogens is 3. The lowest BCUT2D eigenvalue weighted by Gasteiger charge is -2.16. The minimum absolute atomic E-state index is 0.0799. The van der Waals surface area contributed by atoms with E-state index in [9.17, 15) is 13.2 Å². The number of rotatable bonds is 2. The van der Waals surface area contributed by atoms with Gasteiger partial charge in [0.25, 0.3) is 0 Å². The van der Waals surface area contributed by atoms with Crippen molar-refractivity contribution in [3.05, 3.63) is 47.8 Å². The molecule has 2 rings (SSSR count). The molecule has 0 bridgehead atoms. The van der Waals surface area contributed by atoms with Crippen LogP contribution in [0, 0.1) is 0 Å². The Hall–Kier alpha value is -1.89. The van der Waals surface area contributed by atoms with Crippen molar-refractivity contribution in [3.8, 4) is 0 Å². The van der Waals surface area contributed by atoms with Gasteiger partial charge in [0, 0.05) is 31.2 Å². The number of hydrogen-bond donors (Lipinski definition) is 1. The second kappa shape index (κ2) is 4.41. The van der Waals surface area contributed by atoms with E-state index in [0.29, 0.717) is 5.69 Å². The Labute approximate surface area is 101 Å². The van der Waals surface area contributed by atoms with Crippen LogP contribution in [-0.2, 0) is 13.2 Å². The second-order valence-electron chi connectivity index (χ2n) is 3.90. The lowest BCUT2D eigenvalue weighted by molar-refractivity contribution is -0.138. The minimum atomic E-state index is -4.45. The molecule has 4 nitrogen and oxygen atoms in total. The maximum absolute atomic E-state index is 12.8. The molecule has 0 fully saturated rings. The Morgan fingerprint density at radius 2 is 2.11 bits per heavy atom. The van der Waals surface area contributed by atoms with Crippen LogP contribution < -0.4 is 5.73 Å². The maximum atomic E-state index is 12.8. The molecular weight excluding hydrogens is 245 g/mol. The standard InChI is InChI=1S/C11H11F3N4/c1-18-5-9(17-6-18)10(15)7-4-16-3-2-8(7)11(12,13)14/h2-6,10H,15H2,1H3. The summed E-state index contributed by atoms with van der Waals surface area (Å²) in [5, 5.41) is 0. The van der Waals surface area contributed by atoms with Crippen molar-refractivity contribution in [2.45, 2.75) is 12.2 Å². The van der Waals surface area contributed by atoms with E-state index in [0.717, 1.165) is 18.5 Å². The lowest BCUT2D eigenvalue weighted by Crippen LogP contribution is -2.19. The molecule has 0 aliphatic carbocycles. The number of nitrogens with two attached hydrogens (primary N) is 1. The quantitative estimate of drug-likeness (QED) is 0.892. The van der Waals surface area contributed by atoms with E-state index in [-0.39, 0.29) is 5.56 Å². The molecule has 2 heterocycles. The normalized spacial score (nSPS) is 13.6. The van der Waals surface area contributed by atoms with E-state index in [2.05, 4.69) is 9.97 Å². The molecule has 0 aliphatic heterocycles. The van der Waals surface area contributed by atoms with E-state index in [1.54, 1.807) is 17.8 Å². The third kappa shape index (κ3) is 2.35. The van der Waals surface area contributed by atoms with Crippen molar-refractivity contribution < 1.29 is 13.2 Å². The average molecular weight is 256 g/mol. The zero-order valence-corrected chi connectivity index (χ0v) is 9.52. The molecule has 0 saturated carbocycles. The topological polar surface area (TPSA) is 56.7 Å². The highest BCUT2D eigenvalue weighted by Crippen LogP contribution is 2.34. The average Bonchev–Trinajstić information content (AvgIpc) is 2.74. The van der Waals surface area contributed by atoms with Crippen LogP contribution in [-0.4, -0.2) is 14.5 Å². The van der Waals surface area contributed by atoms with Gasteiger partial charge in [-0.3, -0.25) is 4.98 Å². The summed E-state index contributed by atoms with van der Waals surface area (Å²) >= 11 is 0. The number of alkyl halides is 3. The Bertz CT molecular complexity index is 547. The number of pyridine rings is 1. The van der Waals surface area contributed by atoms with Crippen LogP contribution in [0.5, 0.6) is 0 Å². The summed E-state index contributed by atoms with van der Waals surface area (Å²) in [4.78, 5) is 7.66. The number of nitrogens with zero attached hydrogens (tertiary/aromatic N) is 3. The van der Waals surface area contributed by atoms with Crippen molar-refractivity contribution in [2.24, 2.45) is 12.8 Å². The van der Waals surface area contributed by atoms with E-state index < -0.39 is 17.8 Å². The van der Waals surface area contributed by atoms with Gasteiger partial charge in [-0.1, -0.05) is 0 Å². The first-order valence-corrected chi connectivity index (χ1v) is 5.14. The first-order chi connectivity index (χ1) is 8.39. The number of aryl methyl sites for hydroxylation is 1. The summed E-state index contributed by atoms with van der Waals surface area (Å²) in [6.45, 7) is 0. The summed E-state index contributed by atoms with van der Waals surface area (Å²) in [5.74, 6) is 0. The molecule has 0 radical (unpaired) electrons. The number of aromatic nitrogens is 3. The fraction of sp³-hybridized carbons (Fsp3) is 0.273. The molecule has 0 aromatic carbocycles. The monoisotopic (exact) mass is 256 g/mol. The van der Waals surface area contributed by atoms with Gasteiger partial charge in [0.05, 0.1) is 23.6 Å². The Kier molecular flexibility index (Phi) is 3.08. The van der Waals surface area contributed by atoms with E-state index in [1.807, 2.05) is 0 Å². The van der Waals surface area contributed by atoms with Crippen LogP contribution in [0.25, 0.3) is 0 Å². The van der Waals surface area contributed by atoms with Crippen LogP contribution in [0.1, 0.15) is 22.9 Å². The van der Waals surface area contributed by atoms with Crippen molar-refractivity contribution >= 4 is 0 Å². The molecule has 18 heavy (non-hydrogen) atoms. The van der Waals surface area contributed by atoms with Crippen LogP contribution >= 0.6 is 0 Å². The highest BCUT2D eigenvalue weighted by atomic mass is 19.4. The summed E-state index contributed by atoms with van der Waals surface area (Å²) in [6.07, 6.45) is 0.834. The smallest absolute Gasteiger partial charge is 0.340 e. The van der Waals surface area contributed by atoms with Crippen LogP contribution in [0.4, 0.5) is 13.2 Å². The van der Waals surface area contributed by atoms with Crippen molar-refractivity contribution in [3.63, 3.8) is 0 Å². The highest BCUT2D eigenvalue weighted by molar-refractivity contribution is 5.33. The molecule has 0 saturated heterocycles. The van der Waals surface area contributed by atoms with Crippen molar-refractivity contribution in [2.75, 3.05) is 0 Å².